The molecule has 4 aliphatic heterocycles. The highest BCUT2D eigenvalue weighted by atomic mass is 16.7. The number of rotatable bonds is 13. The Hall–Kier alpha value is -2.76. The van der Waals surface area contributed by atoms with E-state index in [0.29, 0.717) is 22.6 Å². The average molecular weight is 879 g/mol. The third-order valence-corrected chi connectivity index (χ3v) is 10.9. The highest BCUT2D eigenvalue weighted by Crippen LogP contribution is 2.30. The van der Waals surface area contributed by atoms with Crippen molar-refractivity contribution in [1.82, 2.24) is 0 Å². The van der Waals surface area contributed by atoms with E-state index in [4.69, 9.17) is 37.9 Å². The van der Waals surface area contributed by atoms with Gasteiger partial charge in [0.25, 0.3) is 0 Å². The second-order valence-corrected chi connectivity index (χ2v) is 15.3. The molecule has 0 saturated carbocycles. The van der Waals surface area contributed by atoms with Crippen LogP contribution in [0, 0.1) is 5.92 Å². The molecular weight excluding hydrogens is 820 g/mol. The summed E-state index contributed by atoms with van der Waals surface area (Å²) >= 11 is 0. The van der Waals surface area contributed by atoms with Crippen LogP contribution in [0.1, 0.15) is 25.0 Å². The number of ether oxygens (including phenoxy) is 8. The van der Waals surface area contributed by atoms with Crippen molar-refractivity contribution in [3.8, 4) is 11.5 Å². The summed E-state index contributed by atoms with van der Waals surface area (Å²) in [5, 5.41) is 136. The molecule has 0 spiro atoms. The van der Waals surface area contributed by atoms with Gasteiger partial charge in [-0.25, -0.2) is 0 Å². The quantitative estimate of drug-likeness (QED) is 0.0893. The molecule has 0 aliphatic carbocycles. The lowest BCUT2D eigenvalue weighted by molar-refractivity contribution is -0.304. The van der Waals surface area contributed by atoms with Crippen molar-refractivity contribution in [3.63, 3.8) is 0 Å². The maximum Gasteiger partial charge on any atom is 0.229 e. The lowest BCUT2D eigenvalue weighted by Gasteiger charge is -2.40. The minimum Gasteiger partial charge on any atom is -0.465 e. The SMILES string of the molecule is CC1O[C@@H](Oc2ccc(CO[C@@H]3OC(CO)[C@@H](O)[C@H](O)C3O)cc2)C(O)[C@@H](O)[C@@H]1O.CC1[C@@H](Oc2ccc(CO[C@@H]3OC(CO)[C@@H](O)[C@H](O)C3O)cc2)OC(CO)[C@@H](O)[C@@H]1O. The fourth-order valence-corrected chi connectivity index (χ4v) is 6.83. The van der Waals surface area contributed by atoms with Crippen molar-refractivity contribution in [3.05, 3.63) is 59.7 Å². The fourth-order valence-electron chi connectivity index (χ4n) is 6.83. The molecule has 2 aromatic carbocycles. The number of hydrogen-bond donors (Lipinski definition) is 14. The maximum absolute atomic E-state index is 10.1. The Morgan fingerprint density at radius 2 is 0.738 bits per heavy atom. The predicted octanol–water partition coefficient (Wildman–Crippen LogP) is -5.33. The Balaban J connectivity index is 0.000000231. The number of aliphatic hydroxyl groups excluding tert-OH is 14. The van der Waals surface area contributed by atoms with Gasteiger partial charge < -0.3 is 109 Å². The first-order chi connectivity index (χ1) is 29.0. The summed E-state index contributed by atoms with van der Waals surface area (Å²) in [6, 6.07) is 13.1. The lowest BCUT2D eigenvalue weighted by Crippen LogP contribution is -2.59. The van der Waals surface area contributed by atoms with Crippen LogP contribution < -0.4 is 9.47 Å². The van der Waals surface area contributed by atoms with Crippen molar-refractivity contribution < 1.29 is 109 Å². The Morgan fingerprint density at radius 3 is 1.15 bits per heavy atom. The molecule has 8 unspecified atom stereocenters. The van der Waals surface area contributed by atoms with Crippen molar-refractivity contribution in [2.45, 2.75) is 144 Å². The Bertz CT molecular complexity index is 1580. The predicted molar refractivity (Wildman–Crippen MR) is 201 cm³/mol. The van der Waals surface area contributed by atoms with E-state index < -0.39 is 142 Å². The van der Waals surface area contributed by atoms with Gasteiger partial charge in [-0.2, -0.15) is 0 Å². The van der Waals surface area contributed by atoms with Crippen LogP contribution in [-0.4, -0.2) is 208 Å². The second-order valence-electron chi connectivity index (χ2n) is 15.3. The van der Waals surface area contributed by atoms with E-state index in [1.54, 1.807) is 62.4 Å². The maximum atomic E-state index is 10.1. The van der Waals surface area contributed by atoms with Crippen LogP contribution in [0.4, 0.5) is 0 Å². The summed E-state index contributed by atoms with van der Waals surface area (Å²) in [4.78, 5) is 0. The molecule has 0 radical (unpaired) electrons. The number of benzene rings is 2. The first kappa shape index (κ1) is 49.3. The molecular formula is C39H58O22. The second kappa shape index (κ2) is 22.2. The topological polar surface area (TPSA) is 357 Å². The van der Waals surface area contributed by atoms with Gasteiger partial charge in [-0.3, -0.25) is 0 Å². The Kier molecular flexibility index (Phi) is 18.0. The summed E-state index contributed by atoms with van der Waals surface area (Å²) in [7, 11) is 0. The Labute approximate surface area is 349 Å². The summed E-state index contributed by atoms with van der Waals surface area (Å²) in [5.74, 6) is 0.229. The van der Waals surface area contributed by atoms with Crippen LogP contribution >= 0.6 is 0 Å². The van der Waals surface area contributed by atoms with E-state index in [1.807, 2.05) is 0 Å². The molecule has 0 aromatic heterocycles. The van der Waals surface area contributed by atoms with Gasteiger partial charge in [0.05, 0.1) is 45.2 Å². The lowest BCUT2D eigenvalue weighted by atomic mass is 9.92. The molecule has 0 bridgehead atoms. The summed E-state index contributed by atoms with van der Waals surface area (Å²) < 4.78 is 43.7. The normalized spacial score (nSPS) is 41.6. The highest BCUT2D eigenvalue weighted by molar-refractivity contribution is 5.28. The molecule has 4 aliphatic rings. The third-order valence-electron chi connectivity index (χ3n) is 10.9. The van der Waals surface area contributed by atoms with Crippen molar-refractivity contribution in [2.24, 2.45) is 5.92 Å². The zero-order valence-corrected chi connectivity index (χ0v) is 33.2. The van der Waals surface area contributed by atoms with Gasteiger partial charge >= 0.3 is 0 Å². The first-order valence-corrected chi connectivity index (χ1v) is 19.7. The molecule has 61 heavy (non-hydrogen) atoms. The zero-order valence-electron chi connectivity index (χ0n) is 33.2. The summed E-state index contributed by atoms with van der Waals surface area (Å²) in [6.45, 7) is 1.67. The molecule has 2 aromatic rings. The van der Waals surface area contributed by atoms with E-state index in [0.717, 1.165) is 0 Å². The molecule has 4 saturated heterocycles. The monoisotopic (exact) mass is 878 g/mol. The van der Waals surface area contributed by atoms with Gasteiger partial charge in [0.2, 0.25) is 12.6 Å². The van der Waals surface area contributed by atoms with Crippen molar-refractivity contribution in [2.75, 3.05) is 19.8 Å². The van der Waals surface area contributed by atoms with Gasteiger partial charge in [0, 0.05) is 5.92 Å². The molecule has 6 rings (SSSR count). The van der Waals surface area contributed by atoms with Crippen molar-refractivity contribution >= 4 is 0 Å². The molecule has 14 N–H and O–H groups in total. The van der Waals surface area contributed by atoms with E-state index in [9.17, 15) is 71.5 Å². The standard InChI is InChI=1S/C20H30O11.C19H28O11/c1-9-14(23)15(24)12(6-21)30-19(9)29-11-4-2-10(3-5-11)8-28-20-18(27)17(26)16(25)13(7-22)31-20;1-8-12(21)14(23)17(26)19(28-8)29-10-4-2-9(3-5-10)7-27-18-16(25)15(24)13(22)11(6-20)30-18/h2-5,9,12-27H,6-8H2,1H3;2-5,8,11-26H,6-7H2,1H3/t9?,12?,13?,14-,15-,16-,17+,18?,19+,20-;8?,11?,12-,13-,14+,15+,16?,17?,18-,19+/m11/s1. The van der Waals surface area contributed by atoms with Crippen LogP contribution in [-0.2, 0) is 41.6 Å². The fraction of sp³-hybridized carbons (Fsp3) is 0.692. The summed E-state index contributed by atoms with van der Waals surface area (Å²) in [6.07, 6.45) is -23.5. The van der Waals surface area contributed by atoms with Crippen LogP contribution in [0.15, 0.2) is 48.5 Å². The first-order valence-electron chi connectivity index (χ1n) is 19.7. The third kappa shape index (κ3) is 11.9. The minimum absolute atomic E-state index is 0.00648. The Morgan fingerprint density at radius 1 is 0.393 bits per heavy atom. The van der Waals surface area contributed by atoms with Crippen molar-refractivity contribution in [1.29, 1.82) is 0 Å². The molecule has 4 fully saturated rings. The minimum atomic E-state index is -1.52. The van der Waals surface area contributed by atoms with Crippen LogP contribution in [0.25, 0.3) is 0 Å². The van der Waals surface area contributed by atoms with Gasteiger partial charge in [-0.05, 0) is 42.3 Å². The number of aliphatic hydroxyl groups is 14. The van der Waals surface area contributed by atoms with E-state index in [2.05, 4.69) is 0 Å². The van der Waals surface area contributed by atoms with Crippen LogP contribution in [0.5, 0.6) is 11.5 Å². The van der Waals surface area contributed by atoms with Gasteiger partial charge in [0.15, 0.2) is 12.6 Å². The molecule has 22 nitrogen and oxygen atoms in total. The van der Waals surface area contributed by atoms with Gasteiger partial charge in [-0.15, -0.1) is 0 Å². The zero-order chi connectivity index (χ0) is 44.7. The number of hydrogen-bond acceptors (Lipinski definition) is 22. The van der Waals surface area contributed by atoms with Crippen LogP contribution in [0.3, 0.4) is 0 Å². The van der Waals surface area contributed by atoms with Gasteiger partial charge in [-0.1, -0.05) is 31.2 Å². The largest absolute Gasteiger partial charge is 0.465 e. The van der Waals surface area contributed by atoms with E-state index >= 15 is 0 Å². The van der Waals surface area contributed by atoms with E-state index in [1.165, 1.54) is 0 Å². The molecule has 22 heteroatoms. The van der Waals surface area contributed by atoms with Gasteiger partial charge in [0.1, 0.15) is 90.9 Å². The molecule has 0 amide bonds. The molecule has 4 heterocycles. The smallest absolute Gasteiger partial charge is 0.229 e. The van der Waals surface area contributed by atoms with Crippen LogP contribution in [0.2, 0.25) is 0 Å². The summed E-state index contributed by atoms with van der Waals surface area (Å²) in [5.41, 5.74) is 1.35. The highest BCUT2D eigenvalue weighted by Gasteiger charge is 2.46. The molecule has 346 valence electrons. The molecule has 20 atom stereocenters. The van der Waals surface area contributed by atoms with E-state index in [-0.39, 0.29) is 13.2 Å². The average Bonchev–Trinajstić information content (AvgIpc) is 3.26.